The third-order valence-electron chi connectivity index (χ3n) is 4.13. The van der Waals surface area contributed by atoms with Gasteiger partial charge in [0, 0.05) is 18.7 Å². The quantitative estimate of drug-likeness (QED) is 0.812. The summed E-state index contributed by atoms with van der Waals surface area (Å²) < 4.78 is 26.9. The average Bonchev–Trinajstić information content (AvgIpc) is 2.53. The molecule has 6 heteroatoms. The first-order chi connectivity index (χ1) is 10.4. The number of carbonyl (C=O) groups excluding carboxylic acids is 1. The van der Waals surface area contributed by atoms with Crippen molar-refractivity contribution in [3.63, 3.8) is 0 Å². The zero-order valence-electron chi connectivity index (χ0n) is 13.2. The van der Waals surface area contributed by atoms with Crippen LogP contribution in [0.3, 0.4) is 0 Å². The number of benzene rings is 1. The van der Waals surface area contributed by atoms with Crippen LogP contribution in [0.15, 0.2) is 29.2 Å². The minimum atomic E-state index is -3.50. The van der Waals surface area contributed by atoms with Gasteiger partial charge >= 0.3 is 0 Å². The van der Waals surface area contributed by atoms with Crippen LogP contribution in [0.1, 0.15) is 37.0 Å². The molecule has 5 nitrogen and oxygen atoms in total. The number of piperidine rings is 1. The molecule has 0 amide bonds. The molecule has 1 saturated heterocycles. The third-order valence-corrected chi connectivity index (χ3v) is 6.03. The number of sulfonamides is 1. The van der Waals surface area contributed by atoms with Crippen molar-refractivity contribution in [3.05, 3.63) is 29.8 Å². The summed E-state index contributed by atoms with van der Waals surface area (Å²) >= 11 is 0. The Bertz CT molecular complexity index is 620. The lowest BCUT2D eigenvalue weighted by Gasteiger charge is -2.31. The van der Waals surface area contributed by atoms with Gasteiger partial charge in [-0.25, -0.2) is 8.42 Å². The van der Waals surface area contributed by atoms with Crippen LogP contribution in [0, 0.1) is 5.92 Å². The van der Waals surface area contributed by atoms with E-state index in [-0.39, 0.29) is 10.7 Å². The van der Waals surface area contributed by atoms with E-state index in [1.54, 1.807) is 18.2 Å². The van der Waals surface area contributed by atoms with E-state index >= 15 is 0 Å². The monoisotopic (exact) mass is 324 g/mol. The van der Waals surface area contributed by atoms with Gasteiger partial charge in [-0.15, -0.1) is 0 Å². The number of carbonyl (C=O) groups is 1. The van der Waals surface area contributed by atoms with E-state index in [9.17, 15) is 13.2 Å². The van der Waals surface area contributed by atoms with E-state index in [1.165, 1.54) is 17.3 Å². The van der Waals surface area contributed by atoms with Crippen molar-refractivity contribution in [3.8, 4) is 0 Å². The first-order valence-electron chi connectivity index (χ1n) is 7.77. The van der Waals surface area contributed by atoms with Crippen molar-refractivity contribution in [2.24, 2.45) is 5.92 Å². The minimum absolute atomic E-state index is 0.124. The molecule has 1 aromatic rings. The molecule has 0 atom stereocenters. The van der Waals surface area contributed by atoms with Crippen LogP contribution in [-0.2, 0) is 10.0 Å². The van der Waals surface area contributed by atoms with Crippen LogP contribution in [0.4, 0.5) is 0 Å². The maximum absolute atomic E-state index is 12.7. The number of rotatable bonds is 6. The van der Waals surface area contributed by atoms with E-state index in [4.69, 9.17) is 0 Å². The summed E-state index contributed by atoms with van der Waals surface area (Å²) in [6.07, 6.45) is 1.75. The van der Waals surface area contributed by atoms with Crippen LogP contribution < -0.4 is 5.32 Å². The number of ketones is 1. The van der Waals surface area contributed by atoms with Gasteiger partial charge in [0.05, 0.1) is 4.90 Å². The Labute approximate surface area is 132 Å². The zero-order valence-corrected chi connectivity index (χ0v) is 14.0. The summed E-state index contributed by atoms with van der Waals surface area (Å²) in [4.78, 5) is 11.6. The van der Waals surface area contributed by atoms with Gasteiger partial charge in [0.25, 0.3) is 0 Å². The summed E-state index contributed by atoms with van der Waals surface area (Å²) in [5, 5.41) is 3.32. The van der Waals surface area contributed by atoms with Crippen molar-refractivity contribution in [2.45, 2.75) is 31.6 Å². The van der Waals surface area contributed by atoms with Gasteiger partial charge in [-0.2, -0.15) is 4.31 Å². The van der Waals surface area contributed by atoms with Gasteiger partial charge in [-0.1, -0.05) is 19.1 Å². The Morgan fingerprint density at radius 3 is 2.59 bits per heavy atom. The lowest BCUT2D eigenvalue weighted by atomic mass is 9.98. The largest absolute Gasteiger partial charge is 0.317 e. The molecular formula is C16H24N2O3S. The fraction of sp³-hybridized carbons (Fsp3) is 0.562. The van der Waals surface area contributed by atoms with Gasteiger partial charge < -0.3 is 5.32 Å². The number of hydrogen-bond donors (Lipinski definition) is 1. The number of nitrogens with zero attached hydrogens (tertiary/aromatic N) is 1. The van der Waals surface area contributed by atoms with Gasteiger partial charge in [0.2, 0.25) is 10.0 Å². The van der Waals surface area contributed by atoms with Crippen molar-refractivity contribution in [1.82, 2.24) is 9.62 Å². The second-order valence-corrected chi connectivity index (χ2v) is 7.68. The summed E-state index contributed by atoms with van der Waals surface area (Å²) in [5.74, 6) is 0.413. The minimum Gasteiger partial charge on any atom is -0.317 e. The first kappa shape index (κ1) is 17.1. The average molecular weight is 324 g/mol. The van der Waals surface area contributed by atoms with Crippen LogP contribution in [-0.4, -0.2) is 44.7 Å². The Hall–Kier alpha value is -1.24. The van der Waals surface area contributed by atoms with E-state index < -0.39 is 10.0 Å². The second-order valence-electron chi connectivity index (χ2n) is 5.74. The zero-order chi connectivity index (χ0) is 16.2. The molecule has 0 bridgehead atoms. The van der Waals surface area contributed by atoms with Crippen molar-refractivity contribution in [1.29, 1.82) is 0 Å². The number of Topliss-reactive ketones (excluding diaryl/α,β-unsaturated/α-hetero) is 1. The Kier molecular flexibility index (Phi) is 5.72. The fourth-order valence-electron chi connectivity index (χ4n) is 2.73. The molecule has 1 N–H and O–H groups in total. The Morgan fingerprint density at radius 2 is 2.00 bits per heavy atom. The molecule has 0 unspecified atom stereocenters. The lowest BCUT2D eigenvalue weighted by molar-refractivity contribution is 0.101. The SMILES string of the molecule is CCNCC1CCN(S(=O)(=O)c2cccc(C(C)=O)c2)CC1. The molecule has 1 aromatic carbocycles. The van der Waals surface area contributed by atoms with Crippen LogP contribution in [0.25, 0.3) is 0 Å². The number of nitrogens with one attached hydrogen (secondary N) is 1. The molecule has 0 spiro atoms. The van der Waals surface area contributed by atoms with E-state index in [0.29, 0.717) is 24.6 Å². The van der Waals surface area contributed by atoms with E-state index in [2.05, 4.69) is 12.2 Å². The van der Waals surface area contributed by atoms with Crippen LogP contribution in [0.2, 0.25) is 0 Å². The fourth-order valence-corrected chi connectivity index (χ4v) is 4.24. The van der Waals surface area contributed by atoms with Gasteiger partial charge in [-0.05, 0) is 50.9 Å². The summed E-state index contributed by atoms with van der Waals surface area (Å²) in [6.45, 7) is 6.49. The molecule has 0 radical (unpaired) electrons. The molecule has 0 aliphatic carbocycles. The van der Waals surface area contributed by atoms with E-state index in [0.717, 1.165) is 25.9 Å². The Morgan fingerprint density at radius 1 is 1.32 bits per heavy atom. The van der Waals surface area contributed by atoms with Crippen molar-refractivity contribution >= 4 is 15.8 Å². The van der Waals surface area contributed by atoms with Gasteiger partial charge in [0.1, 0.15) is 0 Å². The van der Waals surface area contributed by atoms with Gasteiger partial charge in [0.15, 0.2) is 5.78 Å². The van der Waals surface area contributed by atoms with Crippen molar-refractivity contribution in [2.75, 3.05) is 26.2 Å². The second kappa shape index (κ2) is 7.35. The van der Waals surface area contributed by atoms with Crippen LogP contribution in [0.5, 0.6) is 0 Å². The molecule has 2 rings (SSSR count). The predicted molar refractivity (Wildman–Crippen MR) is 86.5 cm³/mol. The maximum atomic E-state index is 12.7. The lowest BCUT2D eigenvalue weighted by Crippen LogP contribution is -2.40. The number of hydrogen-bond acceptors (Lipinski definition) is 4. The topological polar surface area (TPSA) is 66.5 Å². The first-order valence-corrected chi connectivity index (χ1v) is 9.21. The highest BCUT2D eigenvalue weighted by molar-refractivity contribution is 7.89. The molecule has 0 saturated carbocycles. The Balaban J connectivity index is 2.08. The molecule has 1 aliphatic heterocycles. The molecular weight excluding hydrogens is 300 g/mol. The summed E-state index contributed by atoms with van der Waals surface area (Å²) in [7, 11) is -3.50. The highest BCUT2D eigenvalue weighted by Crippen LogP contribution is 2.24. The third kappa shape index (κ3) is 3.94. The predicted octanol–water partition coefficient (Wildman–Crippen LogP) is 1.90. The summed E-state index contributed by atoms with van der Waals surface area (Å²) in [5.41, 5.74) is 0.433. The standard InChI is InChI=1S/C16H24N2O3S/c1-3-17-12-14-7-9-18(10-8-14)22(20,21)16-6-4-5-15(11-16)13(2)19/h4-6,11,14,17H,3,7-10,12H2,1-2H3. The molecule has 122 valence electrons. The highest BCUT2D eigenvalue weighted by Gasteiger charge is 2.29. The molecule has 0 aromatic heterocycles. The molecule has 1 aliphatic rings. The van der Waals surface area contributed by atoms with Crippen molar-refractivity contribution < 1.29 is 13.2 Å². The summed E-state index contributed by atoms with van der Waals surface area (Å²) in [6, 6.07) is 6.31. The molecule has 1 fully saturated rings. The normalized spacial score (nSPS) is 17.5. The maximum Gasteiger partial charge on any atom is 0.243 e. The van der Waals surface area contributed by atoms with E-state index in [1.807, 2.05) is 0 Å². The molecule has 1 heterocycles. The highest BCUT2D eigenvalue weighted by atomic mass is 32.2. The van der Waals surface area contributed by atoms with Crippen LogP contribution >= 0.6 is 0 Å². The van der Waals surface area contributed by atoms with Gasteiger partial charge in [-0.3, -0.25) is 4.79 Å². The smallest absolute Gasteiger partial charge is 0.243 e. The molecule has 22 heavy (non-hydrogen) atoms.